The molecule has 2 aromatic rings. The summed E-state index contributed by atoms with van der Waals surface area (Å²) in [7, 11) is 0. The number of fused-ring (bicyclic) bond motifs is 1. The number of rotatable bonds is 5. The van der Waals surface area contributed by atoms with E-state index in [0.29, 0.717) is 6.61 Å². The molecule has 0 aliphatic carbocycles. The van der Waals surface area contributed by atoms with Gasteiger partial charge in [-0.3, -0.25) is 0 Å². The summed E-state index contributed by atoms with van der Waals surface area (Å²) in [5, 5.41) is 1.09. The fraction of sp³-hybridized carbons (Fsp3) is 0.562. The molecule has 1 aromatic heterocycles. The van der Waals surface area contributed by atoms with E-state index < -0.39 is 0 Å². The van der Waals surface area contributed by atoms with Crippen LogP contribution in [0.25, 0.3) is 10.2 Å². The molecule has 21 heavy (non-hydrogen) atoms. The molecule has 0 saturated carbocycles. The highest BCUT2D eigenvalue weighted by Crippen LogP contribution is 2.31. The Labute approximate surface area is 129 Å². The third-order valence-corrected chi connectivity index (χ3v) is 5.24. The summed E-state index contributed by atoms with van der Waals surface area (Å²) in [6.07, 6.45) is 2.50. The number of aromatic nitrogens is 1. The van der Waals surface area contributed by atoms with Gasteiger partial charge in [0.2, 0.25) is 0 Å². The summed E-state index contributed by atoms with van der Waals surface area (Å²) in [5.41, 5.74) is 7.31. The molecule has 4 nitrogen and oxygen atoms in total. The molecule has 1 atom stereocenters. The van der Waals surface area contributed by atoms with Crippen molar-refractivity contribution in [3.8, 4) is 0 Å². The highest BCUT2D eigenvalue weighted by Gasteiger charge is 2.39. The maximum Gasteiger partial charge on any atom is 0.0955 e. The molecule has 114 valence electrons. The maximum atomic E-state index is 6.51. The first-order valence-electron chi connectivity index (χ1n) is 7.55. The van der Waals surface area contributed by atoms with Crippen molar-refractivity contribution in [3.05, 3.63) is 29.3 Å². The minimum atomic E-state index is -0.259. The van der Waals surface area contributed by atoms with Gasteiger partial charge >= 0.3 is 0 Å². The van der Waals surface area contributed by atoms with E-state index in [-0.39, 0.29) is 11.6 Å². The maximum absolute atomic E-state index is 6.51. The normalized spacial score (nSPS) is 19.7. The van der Waals surface area contributed by atoms with Crippen molar-refractivity contribution in [3.63, 3.8) is 0 Å². The lowest BCUT2D eigenvalue weighted by Gasteiger charge is -2.41. The van der Waals surface area contributed by atoms with Gasteiger partial charge in [-0.2, -0.15) is 0 Å². The molecule has 1 aliphatic heterocycles. The van der Waals surface area contributed by atoms with E-state index in [0.717, 1.165) is 43.0 Å². The van der Waals surface area contributed by atoms with Crippen LogP contribution in [0.15, 0.2) is 24.3 Å². The van der Waals surface area contributed by atoms with Gasteiger partial charge < -0.3 is 15.2 Å². The molecule has 3 rings (SSSR count). The van der Waals surface area contributed by atoms with Crippen LogP contribution in [0.1, 0.15) is 24.8 Å². The SMILES string of the molecule is CCOC1(C(N)Cc2nc3ccccc3s2)CCOCC1. The first-order chi connectivity index (χ1) is 10.2. The number of thiazole rings is 1. The quantitative estimate of drug-likeness (QED) is 0.923. The van der Waals surface area contributed by atoms with E-state index in [4.69, 9.17) is 20.2 Å². The van der Waals surface area contributed by atoms with Crippen molar-refractivity contribution in [1.82, 2.24) is 4.98 Å². The fourth-order valence-corrected chi connectivity index (χ4v) is 4.03. The Morgan fingerprint density at radius 1 is 1.38 bits per heavy atom. The van der Waals surface area contributed by atoms with Crippen LogP contribution in [0.3, 0.4) is 0 Å². The Morgan fingerprint density at radius 3 is 2.86 bits per heavy atom. The number of ether oxygens (including phenoxy) is 2. The number of nitrogens with two attached hydrogens (primary N) is 1. The minimum absolute atomic E-state index is 0.0399. The molecule has 0 bridgehead atoms. The average Bonchev–Trinajstić information content (AvgIpc) is 2.90. The van der Waals surface area contributed by atoms with E-state index in [1.54, 1.807) is 11.3 Å². The van der Waals surface area contributed by atoms with Crippen LogP contribution in [0.2, 0.25) is 0 Å². The zero-order chi connectivity index (χ0) is 14.7. The van der Waals surface area contributed by atoms with E-state index in [2.05, 4.69) is 6.07 Å². The molecule has 1 saturated heterocycles. The average molecular weight is 306 g/mol. The molecule has 2 N–H and O–H groups in total. The number of hydrogen-bond acceptors (Lipinski definition) is 5. The van der Waals surface area contributed by atoms with Gasteiger partial charge in [0, 0.05) is 45.1 Å². The molecule has 1 aliphatic rings. The van der Waals surface area contributed by atoms with Crippen molar-refractivity contribution >= 4 is 21.6 Å². The smallest absolute Gasteiger partial charge is 0.0955 e. The number of para-hydroxylation sites is 1. The predicted octanol–water partition coefficient (Wildman–Crippen LogP) is 2.75. The van der Waals surface area contributed by atoms with Crippen LogP contribution >= 0.6 is 11.3 Å². The standard InChI is InChI=1S/C16H22N2O2S/c1-2-20-16(7-9-19-10-8-16)14(17)11-15-18-12-5-3-4-6-13(12)21-15/h3-6,14H,2,7-11,17H2,1H3. The fourth-order valence-electron chi connectivity index (χ4n) is 3.01. The predicted molar refractivity (Wildman–Crippen MR) is 85.7 cm³/mol. The van der Waals surface area contributed by atoms with Crippen molar-refractivity contribution in [2.75, 3.05) is 19.8 Å². The number of hydrogen-bond donors (Lipinski definition) is 1. The molecule has 5 heteroatoms. The van der Waals surface area contributed by atoms with Crippen molar-refractivity contribution in [1.29, 1.82) is 0 Å². The number of nitrogens with zero attached hydrogens (tertiary/aromatic N) is 1. The van der Waals surface area contributed by atoms with Crippen molar-refractivity contribution < 1.29 is 9.47 Å². The van der Waals surface area contributed by atoms with Crippen LogP contribution in [0.4, 0.5) is 0 Å². The lowest BCUT2D eigenvalue weighted by atomic mass is 9.85. The molecule has 0 amide bonds. The lowest BCUT2D eigenvalue weighted by molar-refractivity contribution is -0.120. The summed E-state index contributed by atoms with van der Waals surface area (Å²) in [6, 6.07) is 8.18. The molecule has 1 fully saturated rings. The molecule has 1 aromatic carbocycles. The molecule has 0 spiro atoms. The summed E-state index contributed by atoms with van der Waals surface area (Å²) in [5.74, 6) is 0. The topological polar surface area (TPSA) is 57.4 Å². The van der Waals surface area contributed by atoms with E-state index in [1.165, 1.54) is 4.70 Å². The summed E-state index contributed by atoms with van der Waals surface area (Å²) in [4.78, 5) is 4.69. The number of benzene rings is 1. The summed E-state index contributed by atoms with van der Waals surface area (Å²) < 4.78 is 12.7. The van der Waals surface area contributed by atoms with Crippen molar-refractivity contribution in [2.24, 2.45) is 5.73 Å². The molecular formula is C16H22N2O2S. The zero-order valence-corrected chi connectivity index (χ0v) is 13.2. The van der Waals surface area contributed by atoms with Crippen molar-refractivity contribution in [2.45, 2.75) is 37.8 Å². The van der Waals surface area contributed by atoms with E-state index in [9.17, 15) is 0 Å². The Hall–Kier alpha value is -1.01. The van der Waals surface area contributed by atoms with E-state index in [1.807, 2.05) is 25.1 Å². The second-order valence-electron chi connectivity index (χ2n) is 5.50. The Bertz CT molecular complexity index is 554. The largest absolute Gasteiger partial charge is 0.381 e. The third-order valence-electron chi connectivity index (χ3n) is 4.18. The molecule has 1 unspecified atom stereocenters. The van der Waals surface area contributed by atoms with Gasteiger partial charge in [0.25, 0.3) is 0 Å². The second kappa shape index (κ2) is 6.40. The molecule has 0 radical (unpaired) electrons. The third kappa shape index (κ3) is 3.11. The van der Waals surface area contributed by atoms with Crippen LogP contribution < -0.4 is 5.73 Å². The lowest BCUT2D eigenvalue weighted by Crippen LogP contribution is -2.54. The van der Waals surface area contributed by atoms with E-state index >= 15 is 0 Å². The Morgan fingerprint density at radius 2 is 2.14 bits per heavy atom. The highest BCUT2D eigenvalue weighted by atomic mass is 32.1. The summed E-state index contributed by atoms with van der Waals surface area (Å²) >= 11 is 1.73. The van der Waals surface area contributed by atoms with Gasteiger partial charge in [-0.15, -0.1) is 11.3 Å². The Kier molecular flexibility index (Phi) is 4.54. The highest BCUT2D eigenvalue weighted by molar-refractivity contribution is 7.18. The second-order valence-corrected chi connectivity index (χ2v) is 6.61. The van der Waals surface area contributed by atoms with Gasteiger partial charge in [0.05, 0.1) is 20.8 Å². The first-order valence-corrected chi connectivity index (χ1v) is 8.37. The zero-order valence-electron chi connectivity index (χ0n) is 12.4. The monoisotopic (exact) mass is 306 g/mol. The Balaban J connectivity index is 1.78. The minimum Gasteiger partial charge on any atom is -0.381 e. The van der Waals surface area contributed by atoms with Crippen LogP contribution in [0.5, 0.6) is 0 Å². The van der Waals surface area contributed by atoms with Gasteiger partial charge in [0.15, 0.2) is 0 Å². The van der Waals surface area contributed by atoms with Crippen LogP contribution in [0, 0.1) is 0 Å². The van der Waals surface area contributed by atoms with Gasteiger partial charge in [0.1, 0.15) is 0 Å². The molecular weight excluding hydrogens is 284 g/mol. The summed E-state index contributed by atoms with van der Waals surface area (Å²) in [6.45, 7) is 4.18. The van der Waals surface area contributed by atoms with Gasteiger partial charge in [-0.25, -0.2) is 4.98 Å². The van der Waals surface area contributed by atoms with Crippen LogP contribution in [-0.4, -0.2) is 36.4 Å². The first kappa shape index (κ1) is 14.9. The van der Waals surface area contributed by atoms with Crippen LogP contribution in [-0.2, 0) is 15.9 Å². The van der Waals surface area contributed by atoms with Gasteiger partial charge in [-0.1, -0.05) is 12.1 Å². The molecule has 2 heterocycles. The van der Waals surface area contributed by atoms with Gasteiger partial charge in [-0.05, 0) is 19.1 Å².